The molecule has 3 aromatic rings. The molecule has 0 aliphatic heterocycles. The van der Waals surface area contributed by atoms with Crippen molar-refractivity contribution in [2.75, 3.05) is 0 Å². The quantitative estimate of drug-likeness (QED) is 0.662. The van der Waals surface area contributed by atoms with Crippen molar-refractivity contribution in [3.63, 3.8) is 0 Å². The number of hydrogen-bond acceptors (Lipinski definition) is 1. The van der Waals surface area contributed by atoms with Crippen LogP contribution in [0.15, 0.2) is 54.7 Å². The zero-order valence-electron chi connectivity index (χ0n) is 10.5. The van der Waals surface area contributed by atoms with Gasteiger partial charge in [0, 0.05) is 14.7 Å². The molecule has 1 heterocycles. The van der Waals surface area contributed by atoms with E-state index < -0.39 is 0 Å². The molecule has 3 rings (SSSR count). The molecule has 1 aromatic heterocycles. The van der Waals surface area contributed by atoms with Crippen molar-refractivity contribution < 1.29 is 0 Å². The van der Waals surface area contributed by atoms with E-state index in [4.69, 9.17) is 0 Å². The number of nitrogens with zero attached hydrogens (tertiary/aromatic N) is 1. The minimum Gasteiger partial charge on any atom is -0.338 e. The summed E-state index contributed by atoms with van der Waals surface area (Å²) in [6.07, 6.45) is 1.90. The van der Waals surface area contributed by atoms with Crippen LogP contribution in [0.2, 0.25) is 0 Å². The van der Waals surface area contributed by atoms with Crippen LogP contribution in [-0.2, 0) is 0 Å². The number of benzene rings is 2. The highest BCUT2D eigenvalue weighted by Gasteiger charge is 2.07. The lowest BCUT2D eigenvalue weighted by Gasteiger charge is -2.02. The topological polar surface area (TPSA) is 28.7 Å². The Bertz CT molecular complexity index is 716. The van der Waals surface area contributed by atoms with Crippen LogP contribution >= 0.6 is 22.6 Å². The van der Waals surface area contributed by atoms with E-state index in [1.54, 1.807) is 0 Å². The van der Waals surface area contributed by atoms with Gasteiger partial charge < -0.3 is 4.98 Å². The number of aromatic nitrogens is 2. The number of nitrogens with one attached hydrogen (secondary N) is 1. The normalized spacial score (nSPS) is 10.6. The first-order valence-corrected chi connectivity index (χ1v) is 7.19. The third-order valence-corrected chi connectivity index (χ3v) is 3.78. The van der Waals surface area contributed by atoms with Crippen LogP contribution in [0.5, 0.6) is 0 Å². The minimum atomic E-state index is 0.914. The van der Waals surface area contributed by atoms with E-state index in [0.717, 1.165) is 17.1 Å². The molecule has 0 unspecified atom stereocenters. The molecular weight excluding hydrogens is 347 g/mol. The van der Waals surface area contributed by atoms with Gasteiger partial charge in [-0.2, -0.15) is 0 Å². The Morgan fingerprint density at radius 3 is 2.68 bits per heavy atom. The predicted molar refractivity (Wildman–Crippen MR) is 86.9 cm³/mol. The van der Waals surface area contributed by atoms with Crippen LogP contribution < -0.4 is 0 Å². The van der Waals surface area contributed by atoms with Crippen molar-refractivity contribution >= 4 is 22.6 Å². The molecule has 2 aromatic carbocycles. The van der Waals surface area contributed by atoms with Gasteiger partial charge in [-0.05, 0) is 47.2 Å². The Kier molecular flexibility index (Phi) is 3.38. The van der Waals surface area contributed by atoms with Crippen molar-refractivity contribution in [3.05, 3.63) is 63.9 Å². The van der Waals surface area contributed by atoms with Crippen molar-refractivity contribution in [2.24, 2.45) is 0 Å². The fraction of sp³-hybridized carbons (Fsp3) is 0.0625. The van der Waals surface area contributed by atoms with E-state index in [2.05, 4.69) is 75.9 Å². The predicted octanol–water partition coefficient (Wildman–Crippen LogP) is 4.66. The second-order valence-corrected chi connectivity index (χ2v) is 5.72. The number of aromatic amines is 1. The second kappa shape index (κ2) is 5.17. The van der Waals surface area contributed by atoms with Gasteiger partial charge in [-0.15, -0.1) is 0 Å². The van der Waals surface area contributed by atoms with Crippen molar-refractivity contribution in [2.45, 2.75) is 6.92 Å². The number of halogens is 1. The molecule has 0 amide bonds. The molecule has 19 heavy (non-hydrogen) atoms. The van der Waals surface area contributed by atoms with Crippen molar-refractivity contribution in [1.82, 2.24) is 9.97 Å². The van der Waals surface area contributed by atoms with E-state index in [0.29, 0.717) is 0 Å². The van der Waals surface area contributed by atoms with Gasteiger partial charge in [0.05, 0.1) is 11.9 Å². The zero-order chi connectivity index (χ0) is 13.2. The van der Waals surface area contributed by atoms with Crippen LogP contribution in [0.25, 0.3) is 22.6 Å². The van der Waals surface area contributed by atoms with E-state index >= 15 is 0 Å². The number of hydrogen-bond donors (Lipinski definition) is 1. The Morgan fingerprint density at radius 2 is 1.89 bits per heavy atom. The molecule has 0 saturated heterocycles. The molecule has 0 aliphatic carbocycles. The van der Waals surface area contributed by atoms with Crippen LogP contribution in [0.1, 0.15) is 5.56 Å². The van der Waals surface area contributed by atoms with Gasteiger partial charge in [0.2, 0.25) is 0 Å². The Labute approximate surface area is 126 Å². The van der Waals surface area contributed by atoms with Crippen molar-refractivity contribution in [3.8, 4) is 22.6 Å². The second-order valence-electron chi connectivity index (χ2n) is 4.47. The average Bonchev–Trinajstić information content (AvgIpc) is 2.89. The highest BCUT2D eigenvalue weighted by Crippen LogP contribution is 2.25. The number of H-pyrrole nitrogens is 1. The highest BCUT2D eigenvalue weighted by molar-refractivity contribution is 14.1. The smallest absolute Gasteiger partial charge is 0.137 e. The first-order chi connectivity index (χ1) is 9.24. The van der Waals surface area contributed by atoms with Crippen LogP contribution in [-0.4, -0.2) is 9.97 Å². The first-order valence-electron chi connectivity index (χ1n) is 6.11. The molecule has 0 atom stereocenters. The lowest BCUT2D eigenvalue weighted by molar-refractivity contribution is 1.30. The van der Waals surface area contributed by atoms with Crippen LogP contribution in [0, 0.1) is 10.5 Å². The summed E-state index contributed by atoms with van der Waals surface area (Å²) in [7, 11) is 0. The molecule has 3 heteroatoms. The Morgan fingerprint density at radius 1 is 1.05 bits per heavy atom. The molecule has 94 valence electrons. The van der Waals surface area contributed by atoms with Gasteiger partial charge >= 0.3 is 0 Å². The lowest BCUT2D eigenvalue weighted by atomic mass is 10.1. The summed E-state index contributed by atoms with van der Waals surface area (Å²) in [5.74, 6) is 0.914. The van der Waals surface area contributed by atoms with E-state index in [1.165, 1.54) is 14.7 Å². The summed E-state index contributed by atoms with van der Waals surface area (Å²) >= 11 is 2.31. The Balaban J connectivity index is 2.03. The summed E-state index contributed by atoms with van der Waals surface area (Å²) in [5.41, 5.74) is 4.63. The monoisotopic (exact) mass is 360 g/mol. The maximum absolute atomic E-state index is 4.49. The fourth-order valence-electron chi connectivity index (χ4n) is 2.12. The van der Waals surface area contributed by atoms with E-state index in [9.17, 15) is 0 Å². The van der Waals surface area contributed by atoms with Gasteiger partial charge in [-0.25, -0.2) is 4.98 Å². The van der Waals surface area contributed by atoms with Gasteiger partial charge in [0.1, 0.15) is 5.82 Å². The first kappa shape index (κ1) is 12.4. The summed E-state index contributed by atoms with van der Waals surface area (Å²) in [6.45, 7) is 2.11. The number of rotatable bonds is 2. The minimum absolute atomic E-state index is 0.914. The van der Waals surface area contributed by atoms with Crippen LogP contribution in [0.3, 0.4) is 0 Å². The molecule has 0 bridgehead atoms. The molecule has 0 spiro atoms. The van der Waals surface area contributed by atoms with Gasteiger partial charge in [0.15, 0.2) is 0 Å². The number of aryl methyl sites for hydroxylation is 1. The van der Waals surface area contributed by atoms with E-state index in [1.807, 2.05) is 18.3 Å². The van der Waals surface area contributed by atoms with Crippen molar-refractivity contribution in [1.29, 1.82) is 0 Å². The maximum Gasteiger partial charge on any atom is 0.137 e. The molecule has 0 radical (unpaired) electrons. The summed E-state index contributed by atoms with van der Waals surface area (Å²) in [4.78, 5) is 7.89. The molecule has 0 aliphatic rings. The fourth-order valence-corrected chi connectivity index (χ4v) is 2.66. The molecule has 0 saturated carbocycles. The molecule has 2 nitrogen and oxygen atoms in total. The third-order valence-electron chi connectivity index (χ3n) is 3.11. The zero-order valence-corrected chi connectivity index (χ0v) is 12.7. The lowest BCUT2D eigenvalue weighted by Crippen LogP contribution is -1.84. The summed E-state index contributed by atoms with van der Waals surface area (Å²) in [6, 6.07) is 16.7. The van der Waals surface area contributed by atoms with Gasteiger partial charge in [-0.3, -0.25) is 0 Å². The summed E-state index contributed by atoms with van der Waals surface area (Å²) in [5, 5.41) is 0. The van der Waals surface area contributed by atoms with E-state index in [-0.39, 0.29) is 0 Å². The molecular formula is C16H13IN2. The number of imidazole rings is 1. The molecule has 0 fully saturated rings. The molecule has 1 N–H and O–H groups in total. The maximum atomic E-state index is 4.49. The van der Waals surface area contributed by atoms with Gasteiger partial charge in [-0.1, -0.05) is 36.4 Å². The highest BCUT2D eigenvalue weighted by atomic mass is 127. The Hall–Kier alpha value is -1.62. The standard InChI is InChI=1S/C16H13IN2/c1-11-5-2-3-8-14(11)15-10-18-16(19-15)12-6-4-7-13(17)9-12/h2-10H,1H3,(H,18,19). The largest absolute Gasteiger partial charge is 0.338 e. The average molecular weight is 360 g/mol. The van der Waals surface area contributed by atoms with Crippen LogP contribution in [0.4, 0.5) is 0 Å². The summed E-state index contributed by atoms with van der Waals surface area (Å²) < 4.78 is 1.21. The van der Waals surface area contributed by atoms with Gasteiger partial charge in [0.25, 0.3) is 0 Å². The SMILES string of the molecule is Cc1ccccc1-c1cnc(-c2cccc(I)c2)[nH]1. The third kappa shape index (κ3) is 2.56.